The molecule has 36 heavy (non-hydrogen) atoms. The SMILES string of the molecule is O=C(CCc1ccccc1)N1CCC(C(=O)NCc2cccc(C(F)(F)F)c2)(c2ccccc2)CC1. The van der Waals surface area contributed by atoms with E-state index < -0.39 is 17.2 Å². The van der Waals surface area contributed by atoms with Gasteiger partial charge in [-0.3, -0.25) is 9.59 Å². The lowest BCUT2D eigenvalue weighted by atomic mass is 9.72. The minimum atomic E-state index is -4.44. The van der Waals surface area contributed by atoms with Crippen LogP contribution in [0.25, 0.3) is 0 Å². The highest BCUT2D eigenvalue weighted by Crippen LogP contribution is 2.36. The highest BCUT2D eigenvalue weighted by Gasteiger charge is 2.43. The lowest BCUT2D eigenvalue weighted by Gasteiger charge is -2.41. The normalized spacial score (nSPS) is 15.4. The zero-order valence-electron chi connectivity index (χ0n) is 19.9. The molecule has 0 radical (unpaired) electrons. The maximum Gasteiger partial charge on any atom is 0.416 e. The van der Waals surface area contributed by atoms with Gasteiger partial charge in [0.2, 0.25) is 11.8 Å². The van der Waals surface area contributed by atoms with Crippen LogP contribution in [-0.2, 0) is 34.1 Å². The molecule has 0 aromatic heterocycles. The van der Waals surface area contributed by atoms with E-state index in [1.165, 1.54) is 6.07 Å². The summed E-state index contributed by atoms with van der Waals surface area (Å²) in [5, 5.41) is 2.87. The molecule has 0 saturated carbocycles. The van der Waals surface area contributed by atoms with Crippen molar-refractivity contribution < 1.29 is 22.8 Å². The number of alkyl halides is 3. The molecule has 1 fully saturated rings. The van der Waals surface area contributed by atoms with Crippen molar-refractivity contribution in [2.75, 3.05) is 13.1 Å². The van der Waals surface area contributed by atoms with E-state index >= 15 is 0 Å². The maximum atomic E-state index is 13.5. The molecular formula is C29H29F3N2O2. The second-order valence-electron chi connectivity index (χ2n) is 9.20. The number of rotatable bonds is 7. The molecule has 0 atom stereocenters. The number of piperidine rings is 1. The Morgan fingerprint density at radius 1 is 0.833 bits per heavy atom. The summed E-state index contributed by atoms with van der Waals surface area (Å²) in [5.74, 6) is -0.174. The van der Waals surface area contributed by atoms with Gasteiger partial charge in [0.25, 0.3) is 0 Å². The van der Waals surface area contributed by atoms with E-state index in [0.29, 0.717) is 44.3 Å². The smallest absolute Gasteiger partial charge is 0.351 e. The number of halogens is 3. The van der Waals surface area contributed by atoms with Gasteiger partial charge in [-0.1, -0.05) is 72.8 Å². The number of hydrogen-bond acceptors (Lipinski definition) is 2. The first-order valence-electron chi connectivity index (χ1n) is 12.1. The average molecular weight is 495 g/mol. The minimum absolute atomic E-state index is 0.00292. The third-order valence-corrected chi connectivity index (χ3v) is 6.91. The summed E-state index contributed by atoms with van der Waals surface area (Å²) in [4.78, 5) is 28.2. The topological polar surface area (TPSA) is 49.4 Å². The number of likely N-dealkylation sites (tertiary alicyclic amines) is 1. The van der Waals surface area contributed by atoms with Gasteiger partial charge in [0.15, 0.2) is 0 Å². The van der Waals surface area contributed by atoms with Gasteiger partial charge >= 0.3 is 6.18 Å². The maximum absolute atomic E-state index is 13.5. The molecule has 1 aliphatic heterocycles. The van der Waals surface area contributed by atoms with E-state index in [2.05, 4.69) is 5.32 Å². The number of aryl methyl sites for hydroxylation is 1. The van der Waals surface area contributed by atoms with Gasteiger partial charge in [0.1, 0.15) is 0 Å². The third-order valence-electron chi connectivity index (χ3n) is 6.91. The highest BCUT2D eigenvalue weighted by atomic mass is 19.4. The Hall–Kier alpha value is -3.61. The zero-order valence-corrected chi connectivity index (χ0v) is 19.9. The lowest BCUT2D eigenvalue weighted by Crippen LogP contribution is -2.52. The van der Waals surface area contributed by atoms with Crippen LogP contribution in [0.4, 0.5) is 13.2 Å². The van der Waals surface area contributed by atoms with Crippen LogP contribution < -0.4 is 5.32 Å². The van der Waals surface area contributed by atoms with Crippen LogP contribution in [0.2, 0.25) is 0 Å². The predicted molar refractivity (Wildman–Crippen MR) is 132 cm³/mol. The Morgan fingerprint density at radius 3 is 2.08 bits per heavy atom. The van der Waals surface area contributed by atoms with Gasteiger partial charge in [0.05, 0.1) is 11.0 Å². The average Bonchev–Trinajstić information content (AvgIpc) is 2.91. The van der Waals surface area contributed by atoms with Crippen LogP contribution in [-0.4, -0.2) is 29.8 Å². The van der Waals surface area contributed by atoms with Gasteiger partial charge < -0.3 is 10.2 Å². The van der Waals surface area contributed by atoms with Gasteiger partial charge in [0, 0.05) is 26.1 Å². The van der Waals surface area contributed by atoms with E-state index in [9.17, 15) is 22.8 Å². The fourth-order valence-electron chi connectivity index (χ4n) is 4.81. The van der Waals surface area contributed by atoms with E-state index in [-0.39, 0.29) is 18.4 Å². The summed E-state index contributed by atoms with van der Waals surface area (Å²) in [6.07, 6.45) is -2.47. The fraction of sp³-hybridized carbons (Fsp3) is 0.310. The molecular weight excluding hydrogens is 465 g/mol. The van der Waals surface area contributed by atoms with Crippen molar-refractivity contribution in [3.05, 3.63) is 107 Å². The number of nitrogens with one attached hydrogen (secondary N) is 1. The second-order valence-corrected chi connectivity index (χ2v) is 9.20. The van der Waals surface area contributed by atoms with Crippen molar-refractivity contribution in [2.24, 2.45) is 0 Å². The summed E-state index contributed by atoms with van der Waals surface area (Å²) in [6, 6.07) is 24.2. The number of carbonyl (C=O) groups is 2. The van der Waals surface area contributed by atoms with Crippen molar-refractivity contribution in [2.45, 2.75) is 43.8 Å². The van der Waals surface area contributed by atoms with Crippen LogP contribution in [0.3, 0.4) is 0 Å². The Bertz CT molecular complexity index is 1170. The molecule has 3 aromatic carbocycles. The predicted octanol–water partition coefficient (Wildman–Crippen LogP) is 5.51. The standard InChI is InChI=1S/C29H29F3N2O2/c30-29(31,32)25-13-7-10-23(20-25)21-33-27(36)28(24-11-5-2-6-12-24)16-18-34(19-17-28)26(35)15-14-22-8-3-1-4-9-22/h1-13,20H,14-19,21H2,(H,33,36). The largest absolute Gasteiger partial charge is 0.416 e. The Kier molecular flexibility index (Phi) is 7.77. The monoisotopic (exact) mass is 494 g/mol. The van der Waals surface area contributed by atoms with E-state index in [1.807, 2.05) is 65.6 Å². The summed E-state index contributed by atoms with van der Waals surface area (Å²) >= 11 is 0. The lowest BCUT2D eigenvalue weighted by molar-refractivity contribution is -0.137. The van der Waals surface area contributed by atoms with Gasteiger partial charge in [-0.05, 0) is 48.1 Å². The van der Waals surface area contributed by atoms with Crippen LogP contribution in [0.1, 0.15) is 41.5 Å². The first-order valence-corrected chi connectivity index (χ1v) is 12.1. The molecule has 1 aliphatic rings. The zero-order chi connectivity index (χ0) is 25.6. The molecule has 4 rings (SSSR count). The number of hydrogen-bond donors (Lipinski definition) is 1. The first kappa shape index (κ1) is 25.5. The summed E-state index contributed by atoms with van der Waals surface area (Å²) < 4.78 is 39.2. The second kappa shape index (κ2) is 11.0. The first-order chi connectivity index (χ1) is 17.3. The molecule has 0 aliphatic carbocycles. The molecule has 188 valence electrons. The minimum Gasteiger partial charge on any atom is -0.351 e. The number of amides is 2. The molecule has 1 N–H and O–H groups in total. The van der Waals surface area contributed by atoms with Gasteiger partial charge in [-0.15, -0.1) is 0 Å². The molecule has 2 amide bonds. The summed E-state index contributed by atoms with van der Waals surface area (Å²) in [7, 11) is 0. The summed E-state index contributed by atoms with van der Waals surface area (Å²) in [6.45, 7) is 0.885. The van der Waals surface area contributed by atoms with Crippen LogP contribution in [0, 0.1) is 0 Å². The Balaban J connectivity index is 1.43. The molecule has 0 unspecified atom stereocenters. The number of nitrogens with zero attached hydrogens (tertiary/aromatic N) is 1. The third kappa shape index (κ3) is 5.96. The van der Waals surface area contributed by atoms with Gasteiger partial charge in [-0.2, -0.15) is 13.2 Å². The van der Waals surface area contributed by atoms with Crippen molar-refractivity contribution in [1.29, 1.82) is 0 Å². The summed E-state index contributed by atoms with van der Waals surface area (Å²) in [5.41, 5.74) is 0.752. The van der Waals surface area contributed by atoms with Crippen molar-refractivity contribution in [3.8, 4) is 0 Å². The quantitative estimate of drug-likeness (QED) is 0.471. The van der Waals surface area contributed by atoms with Crippen molar-refractivity contribution in [1.82, 2.24) is 10.2 Å². The Morgan fingerprint density at radius 2 is 1.44 bits per heavy atom. The fourth-order valence-corrected chi connectivity index (χ4v) is 4.81. The van der Waals surface area contributed by atoms with Crippen LogP contribution in [0.5, 0.6) is 0 Å². The molecule has 1 saturated heterocycles. The molecule has 0 spiro atoms. The van der Waals surface area contributed by atoms with Crippen LogP contribution >= 0.6 is 0 Å². The Labute approximate surface area is 209 Å². The van der Waals surface area contributed by atoms with E-state index in [1.54, 1.807) is 6.07 Å². The van der Waals surface area contributed by atoms with Crippen molar-refractivity contribution >= 4 is 11.8 Å². The molecule has 1 heterocycles. The molecule has 4 nitrogen and oxygen atoms in total. The molecule has 0 bridgehead atoms. The number of carbonyl (C=O) groups excluding carboxylic acids is 2. The van der Waals surface area contributed by atoms with E-state index in [0.717, 1.165) is 23.3 Å². The molecule has 3 aromatic rings. The number of benzene rings is 3. The van der Waals surface area contributed by atoms with Gasteiger partial charge in [-0.25, -0.2) is 0 Å². The van der Waals surface area contributed by atoms with Crippen molar-refractivity contribution in [3.63, 3.8) is 0 Å². The highest BCUT2D eigenvalue weighted by molar-refractivity contribution is 5.89. The van der Waals surface area contributed by atoms with E-state index in [4.69, 9.17) is 0 Å². The van der Waals surface area contributed by atoms with Crippen LogP contribution in [0.15, 0.2) is 84.9 Å². The molecule has 7 heteroatoms.